The van der Waals surface area contributed by atoms with Crippen LogP contribution >= 0.6 is 0 Å². The highest BCUT2D eigenvalue weighted by atomic mass is 32.2. The van der Waals surface area contributed by atoms with E-state index < -0.39 is 9.84 Å². The molecule has 13 heavy (non-hydrogen) atoms. The lowest BCUT2D eigenvalue weighted by Crippen LogP contribution is -2.38. The van der Waals surface area contributed by atoms with Gasteiger partial charge in [0.05, 0.1) is 12.4 Å². The van der Waals surface area contributed by atoms with Gasteiger partial charge in [-0.1, -0.05) is 6.42 Å². The van der Waals surface area contributed by atoms with Crippen LogP contribution in [-0.4, -0.2) is 33.1 Å². The van der Waals surface area contributed by atoms with Crippen molar-refractivity contribution < 1.29 is 13.3 Å². The Morgan fingerprint density at radius 1 is 1.38 bits per heavy atom. The predicted molar refractivity (Wildman–Crippen MR) is 51.0 cm³/mol. The standard InChI is InChI=1S/C8H17NO3S/c1-12-9-7-4-3-5-8(6-7)13(2,10)11/h7-9H,3-6H2,1-2H3. The summed E-state index contributed by atoms with van der Waals surface area (Å²) in [7, 11) is -1.31. The van der Waals surface area contributed by atoms with Crippen molar-refractivity contribution in [1.29, 1.82) is 0 Å². The van der Waals surface area contributed by atoms with Crippen molar-refractivity contribution in [3.05, 3.63) is 0 Å². The average Bonchev–Trinajstić information content (AvgIpc) is 2.04. The fraction of sp³-hybridized carbons (Fsp3) is 1.00. The van der Waals surface area contributed by atoms with Gasteiger partial charge >= 0.3 is 0 Å². The summed E-state index contributed by atoms with van der Waals surface area (Å²) in [6, 6.07) is 0.193. The van der Waals surface area contributed by atoms with Gasteiger partial charge in [0.15, 0.2) is 0 Å². The van der Waals surface area contributed by atoms with Gasteiger partial charge in [0, 0.05) is 12.3 Å². The first-order valence-corrected chi connectivity index (χ1v) is 6.47. The van der Waals surface area contributed by atoms with Crippen LogP contribution < -0.4 is 5.48 Å². The molecule has 0 amide bonds. The summed E-state index contributed by atoms with van der Waals surface area (Å²) in [5, 5.41) is -0.186. The summed E-state index contributed by atoms with van der Waals surface area (Å²) in [5.41, 5.74) is 2.82. The highest BCUT2D eigenvalue weighted by Gasteiger charge is 2.28. The highest BCUT2D eigenvalue weighted by molar-refractivity contribution is 7.91. The third kappa shape index (κ3) is 3.25. The molecule has 0 saturated heterocycles. The summed E-state index contributed by atoms with van der Waals surface area (Å²) in [4.78, 5) is 4.80. The maximum Gasteiger partial charge on any atom is 0.150 e. The van der Waals surface area contributed by atoms with Crippen LogP contribution in [0.25, 0.3) is 0 Å². The van der Waals surface area contributed by atoms with Gasteiger partial charge in [-0.25, -0.2) is 8.42 Å². The van der Waals surface area contributed by atoms with Gasteiger partial charge in [-0.2, -0.15) is 5.48 Å². The van der Waals surface area contributed by atoms with Crippen LogP contribution in [-0.2, 0) is 14.7 Å². The van der Waals surface area contributed by atoms with Crippen LogP contribution in [0.2, 0.25) is 0 Å². The zero-order valence-electron chi connectivity index (χ0n) is 8.12. The van der Waals surface area contributed by atoms with Gasteiger partial charge in [0.2, 0.25) is 0 Å². The van der Waals surface area contributed by atoms with Crippen LogP contribution in [0.3, 0.4) is 0 Å². The first-order valence-electron chi connectivity index (χ1n) is 4.51. The molecule has 0 aromatic heterocycles. The van der Waals surface area contributed by atoms with Crippen LogP contribution in [0.4, 0.5) is 0 Å². The molecule has 0 aliphatic heterocycles. The molecule has 2 atom stereocenters. The molecule has 2 unspecified atom stereocenters. The maximum absolute atomic E-state index is 11.3. The fourth-order valence-electron chi connectivity index (χ4n) is 1.81. The number of rotatable bonds is 3. The van der Waals surface area contributed by atoms with Gasteiger partial charge in [-0.15, -0.1) is 0 Å². The van der Waals surface area contributed by atoms with Gasteiger partial charge in [0.25, 0.3) is 0 Å². The molecule has 5 heteroatoms. The Morgan fingerprint density at radius 2 is 2.08 bits per heavy atom. The molecule has 1 aliphatic carbocycles. The number of sulfone groups is 1. The minimum atomic E-state index is -2.87. The number of hydroxylamine groups is 1. The Kier molecular flexibility index (Phi) is 3.70. The molecule has 78 valence electrons. The van der Waals surface area contributed by atoms with Crippen LogP contribution in [0.1, 0.15) is 25.7 Å². The number of hydrogen-bond acceptors (Lipinski definition) is 4. The molecule has 0 spiro atoms. The van der Waals surface area contributed by atoms with E-state index >= 15 is 0 Å². The molecule has 0 aromatic rings. The van der Waals surface area contributed by atoms with Crippen molar-refractivity contribution in [3.63, 3.8) is 0 Å². The maximum atomic E-state index is 11.3. The molecule has 1 saturated carbocycles. The van der Waals surface area contributed by atoms with E-state index in [4.69, 9.17) is 4.84 Å². The van der Waals surface area contributed by atoms with Gasteiger partial charge in [-0.05, 0) is 19.3 Å². The molecular formula is C8H17NO3S. The van der Waals surface area contributed by atoms with Crippen molar-refractivity contribution in [3.8, 4) is 0 Å². The molecule has 0 aromatic carbocycles. The molecule has 1 fully saturated rings. The van der Waals surface area contributed by atoms with E-state index in [1.165, 1.54) is 6.26 Å². The second-order valence-corrected chi connectivity index (χ2v) is 5.96. The van der Waals surface area contributed by atoms with Crippen molar-refractivity contribution in [2.45, 2.75) is 37.0 Å². The fourth-order valence-corrected chi connectivity index (χ4v) is 2.98. The molecule has 0 heterocycles. The second-order valence-electron chi connectivity index (χ2n) is 3.64. The molecule has 1 N–H and O–H groups in total. The summed E-state index contributed by atoms with van der Waals surface area (Å²) in [5.74, 6) is 0. The number of hydrogen-bond donors (Lipinski definition) is 1. The van der Waals surface area contributed by atoms with E-state index in [1.54, 1.807) is 7.11 Å². The Hall–Kier alpha value is -0.130. The molecule has 0 radical (unpaired) electrons. The van der Waals surface area contributed by atoms with Gasteiger partial charge in [-0.3, -0.25) is 0 Å². The summed E-state index contributed by atoms with van der Waals surface area (Å²) in [6.07, 6.45) is 4.73. The zero-order chi connectivity index (χ0) is 9.90. The van der Waals surface area contributed by atoms with E-state index in [9.17, 15) is 8.42 Å². The Morgan fingerprint density at radius 3 is 2.62 bits per heavy atom. The van der Waals surface area contributed by atoms with Gasteiger partial charge < -0.3 is 4.84 Å². The first-order chi connectivity index (χ1) is 6.04. The lowest BCUT2D eigenvalue weighted by atomic mass is 9.96. The third-order valence-electron chi connectivity index (χ3n) is 2.52. The minimum absolute atomic E-state index is 0.186. The topological polar surface area (TPSA) is 55.4 Å². The van der Waals surface area contributed by atoms with Crippen LogP contribution in [0.15, 0.2) is 0 Å². The lowest BCUT2D eigenvalue weighted by Gasteiger charge is -2.27. The van der Waals surface area contributed by atoms with E-state index in [0.29, 0.717) is 6.42 Å². The summed E-state index contributed by atoms with van der Waals surface area (Å²) >= 11 is 0. The monoisotopic (exact) mass is 207 g/mol. The minimum Gasteiger partial charge on any atom is -0.305 e. The Bertz CT molecular complexity index is 248. The van der Waals surface area contributed by atoms with Crippen molar-refractivity contribution in [1.82, 2.24) is 5.48 Å². The third-order valence-corrected chi connectivity index (χ3v) is 4.16. The zero-order valence-corrected chi connectivity index (χ0v) is 8.93. The lowest BCUT2D eigenvalue weighted by molar-refractivity contribution is 0.0494. The van der Waals surface area contributed by atoms with Crippen LogP contribution in [0.5, 0.6) is 0 Å². The first kappa shape index (κ1) is 10.9. The quantitative estimate of drug-likeness (QED) is 0.684. The highest BCUT2D eigenvalue weighted by Crippen LogP contribution is 2.23. The smallest absolute Gasteiger partial charge is 0.150 e. The molecule has 1 aliphatic rings. The molecule has 4 nitrogen and oxygen atoms in total. The van der Waals surface area contributed by atoms with E-state index in [1.807, 2.05) is 0 Å². The van der Waals surface area contributed by atoms with Crippen molar-refractivity contribution >= 4 is 9.84 Å². The van der Waals surface area contributed by atoms with E-state index in [0.717, 1.165) is 19.3 Å². The number of nitrogens with one attached hydrogen (secondary N) is 1. The van der Waals surface area contributed by atoms with Gasteiger partial charge in [0.1, 0.15) is 9.84 Å². The van der Waals surface area contributed by atoms with Crippen molar-refractivity contribution in [2.75, 3.05) is 13.4 Å². The molecular weight excluding hydrogens is 190 g/mol. The van der Waals surface area contributed by atoms with Crippen molar-refractivity contribution in [2.24, 2.45) is 0 Å². The van der Waals surface area contributed by atoms with E-state index in [2.05, 4.69) is 5.48 Å². The summed E-state index contributed by atoms with van der Waals surface area (Å²) in [6.45, 7) is 0. The largest absolute Gasteiger partial charge is 0.305 e. The Balaban J connectivity index is 2.52. The molecule has 0 bridgehead atoms. The average molecular weight is 207 g/mol. The van der Waals surface area contributed by atoms with E-state index in [-0.39, 0.29) is 11.3 Å². The SMILES string of the molecule is CONC1CCCC(S(C)(=O)=O)C1. The van der Waals surface area contributed by atoms with Crippen LogP contribution in [0, 0.1) is 0 Å². The summed E-state index contributed by atoms with van der Waals surface area (Å²) < 4.78 is 22.5. The predicted octanol–water partition coefficient (Wildman–Crippen LogP) is 0.493. The molecule has 1 rings (SSSR count). The normalized spacial score (nSPS) is 30.3. The second kappa shape index (κ2) is 4.39. The Labute approximate surface area is 79.5 Å².